The number of aromatic nitrogens is 2. The molecule has 0 aliphatic rings. The first-order chi connectivity index (χ1) is 14.0. The average Bonchev–Trinajstić information content (AvgIpc) is 3.37. The number of hydrogen-bond donors (Lipinski definition) is 3. The van der Waals surface area contributed by atoms with Crippen molar-refractivity contribution in [1.29, 1.82) is 0 Å². The molecular weight excluding hydrogens is 390 g/mol. The van der Waals surface area contributed by atoms with Crippen LogP contribution in [0.25, 0.3) is 10.7 Å². The van der Waals surface area contributed by atoms with Gasteiger partial charge < -0.3 is 9.84 Å². The summed E-state index contributed by atoms with van der Waals surface area (Å²) in [5.41, 5.74) is 7.92. The van der Waals surface area contributed by atoms with Crippen molar-refractivity contribution in [3.05, 3.63) is 52.7 Å². The maximum Gasteiger partial charge on any atom is 0.257 e. The maximum atomic E-state index is 11.9. The Labute approximate surface area is 172 Å². The third-order valence-corrected chi connectivity index (χ3v) is 5.03. The molecule has 0 unspecified atom stereocenters. The van der Waals surface area contributed by atoms with Gasteiger partial charge in [-0.05, 0) is 43.3 Å². The fraction of sp³-hybridized carbons (Fsp3) is 0.300. The number of amides is 2. The number of carbonyl (C=O) groups is 2. The zero-order valence-electron chi connectivity index (χ0n) is 16.3. The van der Waals surface area contributed by atoms with Gasteiger partial charge in [-0.25, -0.2) is 0 Å². The molecule has 29 heavy (non-hydrogen) atoms. The van der Waals surface area contributed by atoms with Gasteiger partial charge in [-0.15, -0.1) is 11.3 Å². The van der Waals surface area contributed by atoms with Gasteiger partial charge in [0.05, 0.1) is 11.4 Å². The first-order valence-corrected chi connectivity index (χ1v) is 10.1. The second-order valence-electron chi connectivity index (χ2n) is 6.61. The van der Waals surface area contributed by atoms with E-state index in [1.54, 1.807) is 0 Å². The molecule has 0 atom stereocenters. The fourth-order valence-corrected chi connectivity index (χ4v) is 3.35. The van der Waals surface area contributed by atoms with Crippen molar-refractivity contribution in [2.75, 3.05) is 11.9 Å². The van der Waals surface area contributed by atoms with Crippen LogP contribution in [0.4, 0.5) is 5.69 Å². The zero-order valence-corrected chi connectivity index (χ0v) is 17.1. The van der Waals surface area contributed by atoms with Gasteiger partial charge in [-0.3, -0.25) is 20.4 Å². The number of hydrazine groups is 1. The van der Waals surface area contributed by atoms with Gasteiger partial charge in [-0.1, -0.05) is 28.9 Å². The Kier molecular flexibility index (Phi) is 6.96. The minimum absolute atomic E-state index is 0.0671. The lowest BCUT2D eigenvalue weighted by Gasteiger charge is -2.11. The highest BCUT2D eigenvalue weighted by molar-refractivity contribution is 7.13. The van der Waals surface area contributed by atoms with Crippen LogP contribution < -0.4 is 16.2 Å². The summed E-state index contributed by atoms with van der Waals surface area (Å²) in [4.78, 5) is 29.0. The standard InChI is InChI=1S/C20H23N5O3S/c1-13-8-9-15(14(2)11-13)21-12-18(27)24-23-17(26)6-3-7-19-22-20(25-28-19)16-5-4-10-29-16/h4-5,8-11,21H,3,6-7,12H2,1-2H3,(H,23,26)(H,24,27). The van der Waals surface area contributed by atoms with E-state index >= 15 is 0 Å². The van der Waals surface area contributed by atoms with Crippen LogP contribution in [-0.4, -0.2) is 28.5 Å². The third kappa shape index (κ3) is 6.15. The Balaban J connectivity index is 1.33. The highest BCUT2D eigenvalue weighted by atomic mass is 32.1. The van der Waals surface area contributed by atoms with Crippen LogP contribution in [-0.2, 0) is 16.0 Å². The van der Waals surface area contributed by atoms with Gasteiger partial charge in [0.25, 0.3) is 5.91 Å². The molecule has 1 aromatic carbocycles. The molecule has 0 saturated heterocycles. The number of thiophene rings is 1. The number of anilines is 1. The largest absolute Gasteiger partial charge is 0.376 e. The molecule has 0 radical (unpaired) electrons. The van der Waals surface area contributed by atoms with Crippen LogP contribution >= 0.6 is 11.3 Å². The molecule has 8 nitrogen and oxygen atoms in total. The van der Waals surface area contributed by atoms with Crippen LogP contribution in [0.5, 0.6) is 0 Å². The van der Waals surface area contributed by atoms with E-state index in [1.807, 2.05) is 49.6 Å². The number of rotatable bonds is 8. The van der Waals surface area contributed by atoms with Gasteiger partial charge in [0.15, 0.2) is 0 Å². The molecule has 0 aliphatic carbocycles. The summed E-state index contributed by atoms with van der Waals surface area (Å²) in [5.74, 6) is 0.449. The monoisotopic (exact) mass is 413 g/mol. The van der Waals surface area contributed by atoms with Crippen LogP contribution in [0.3, 0.4) is 0 Å². The topological polar surface area (TPSA) is 109 Å². The molecule has 0 bridgehead atoms. The molecule has 0 aliphatic heterocycles. The number of nitrogens with one attached hydrogen (secondary N) is 3. The van der Waals surface area contributed by atoms with Gasteiger partial charge in [0.1, 0.15) is 0 Å². The second-order valence-corrected chi connectivity index (χ2v) is 7.56. The highest BCUT2D eigenvalue weighted by Gasteiger charge is 2.11. The zero-order chi connectivity index (χ0) is 20.6. The van der Waals surface area contributed by atoms with Gasteiger partial charge >= 0.3 is 0 Å². The first-order valence-electron chi connectivity index (χ1n) is 9.26. The van der Waals surface area contributed by atoms with E-state index in [2.05, 4.69) is 26.3 Å². The lowest BCUT2D eigenvalue weighted by Crippen LogP contribution is -2.44. The minimum Gasteiger partial charge on any atom is -0.376 e. The predicted octanol–water partition coefficient (Wildman–Crippen LogP) is 3.00. The van der Waals surface area contributed by atoms with E-state index in [0.29, 0.717) is 24.6 Å². The number of hydrogen-bond acceptors (Lipinski definition) is 7. The molecule has 0 spiro atoms. The number of benzene rings is 1. The Morgan fingerprint density at radius 1 is 1.14 bits per heavy atom. The minimum atomic E-state index is -0.323. The molecule has 3 rings (SSSR count). The molecular formula is C20H23N5O3S. The summed E-state index contributed by atoms with van der Waals surface area (Å²) in [7, 11) is 0. The number of nitrogens with zero attached hydrogens (tertiary/aromatic N) is 2. The molecule has 2 amide bonds. The predicted molar refractivity (Wildman–Crippen MR) is 111 cm³/mol. The molecule has 0 saturated carbocycles. The Hall–Kier alpha value is -3.20. The van der Waals surface area contributed by atoms with Crippen molar-refractivity contribution in [3.8, 4) is 10.7 Å². The SMILES string of the molecule is Cc1ccc(NCC(=O)NNC(=O)CCCc2nc(-c3cccs3)no2)c(C)c1. The van der Waals surface area contributed by atoms with E-state index in [0.717, 1.165) is 21.7 Å². The van der Waals surface area contributed by atoms with E-state index in [9.17, 15) is 9.59 Å². The quantitative estimate of drug-likeness (QED) is 0.490. The second kappa shape index (κ2) is 9.83. The van der Waals surface area contributed by atoms with Crippen molar-refractivity contribution in [2.45, 2.75) is 33.1 Å². The van der Waals surface area contributed by atoms with E-state index in [-0.39, 0.29) is 24.8 Å². The van der Waals surface area contributed by atoms with Gasteiger partial charge in [0.2, 0.25) is 17.6 Å². The maximum absolute atomic E-state index is 11.9. The summed E-state index contributed by atoms with van der Waals surface area (Å²) in [6.45, 7) is 4.06. The number of carbonyl (C=O) groups excluding carboxylic acids is 2. The Morgan fingerprint density at radius 2 is 1.97 bits per heavy atom. The molecule has 3 aromatic rings. The van der Waals surface area contributed by atoms with Crippen LogP contribution in [0, 0.1) is 13.8 Å². The van der Waals surface area contributed by atoms with Crippen molar-refractivity contribution in [1.82, 2.24) is 21.0 Å². The molecule has 3 N–H and O–H groups in total. The third-order valence-electron chi connectivity index (χ3n) is 4.17. The molecule has 0 fully saturated rings. The van der Waals surface area contributed by atoms with Crippen molar-refractivity contribution >= 4 is 28.8 Å². The van der Waals surface area contributed by atoms with Crippen LogP contribution in [0.2, 0.25) is 0 Å². The lowest BCUT2D eigenvalue weighted by molar-refractivity contribution is -0.128. The summed E-state index contributed by atoms with van der Waals surface area (Å²) in [6, 6.07) is 9.78. The van der Waals surface area contributed by atoms with Crippen molar-refractivity contribution in [3.63, 3.8) is 0 Å². The van der Waals surface area contributed by atoms with Gasteiger partial charge in [0, 0.05) is 18.5 Å². The summed E-state index contributed by atoms with van der Waals surface area (Å²) in [6.07, 6.45) is 1.27. The first kappa shape index (κ1) is 20.5. The Bertz CT molecular complexity index is 968. The smallest absolute Gasteiger partial charge is 0.257 e. The summed E-state index contributed by atoms with van der Waals surface area (Å²) in [5, 5.41) is 8.93. The highest BCUT2D eigenvalue weighted by Crippen LogP contribution is 2.21. The fourth-order valence-electron chi connectivity index (χ4n) is 2.70. The van der Waals surface area contributed by atoms with E-state index < -0.39 is 0 Å². The lowest BCUT2D eigenvalue weighted by atomic mass is 10.1. The van der Waals surface area contributed by atoms with E-state index in [1.165, 1.54) is 11.3 Å². The average molecular weight is 414 g/mol. The normalized spacial score (nSPS) is 10.6. The van der Waals surface area contributed by atoms with Crippen LogP contribution in [0.15, 0.2) is 40.2 Å². The van der Waals surface area contributed by atoms with Crippen LogP contribution in [0.1, 0.15) is 29.9 Å². The molecule has 2 heterocycles. The van der Waals surface area contributed by atoms with Crippen molar-refractivity contribution < 1.29 is 14.1 Å². The molecule has 2 aromatic heterocycles. The summed E-state index contributed by atoms with van der Waals surface area (Å²) >= 11 is 1.54. The molecule has 152 valence electrons. The Morgan fingerprint density at radius 3 is 2.72 bits per heavy atom. The van der Waals surface area contributed by atoms with Gasteiger partial charge in [-0.2, -0.15) is 4.98 Å². The number of aryl methyl sites for hydroxylation is 3. The van der Waals surface area contributed by atoms with Crippen molar-refractivity contribution in [2.24, 2.45) is 0 Å². The summed E-state index contributed by atoms with van der Waals surface area (Å²) < 4.78 is 5.20. The van der Waals surface area contributed by atoms with E-state index in [4.69, 9.17) is 4.52 Å². The molecule has 9 heteroatoms.